The van der Waals surface area contributed by atoms with E-state index in [1.165, 1.54) is 0 Å². The first-order valence-corrected chi connectivity index (χ1v) is 6.30. The first kappa shape index (κ1) is 14.4. The molecule has 4 heteroatoms. The Balaban J connectivity index is 2.24. The fourth-order valence-electron chi connectivity index (χ4n) is 1.58. The molecule has 0 amide bonds. The zero-order chi connectivity index (χ0) is 13.2. The predicted molar refractivity (Wildman–Crippen MR) is 69.2 cm³/mol. The van der Waals surface area contributed by atoms with E-state index in [-0.39, 0.29) is 6.42 Å². The summed E-state index contributed by atoms with van der Waals surface area (Å²) >= 11 is 0. The number of hydrogen-bond acceptors (Lipinski definition) is 3. The van der Waals surface area contributed by atoms with E-state index in [0.717, 1.165) is 24.3 Å². The van der Waals surface area contributed by atoms with Gasteiger partial charge in [-0.2, -0.15) is 0 Å². The van der Waals surface area contributed by atoms with E-state index >= 15 is 0 Å². The molecule has 1 rings (SSSR count). The van der Waals surface area contributed by atoms with Crippen molar-refractivity contribution >= 4 is 5.97 Å². The summed E-state index contributed by atoms with van der Waals surface area (Å²) < 4.78 is 11.1. The van der Waals surface area contributed by atoms with E-state index in [4.69, 9.17) is 14.6 Å². The van der Waals surface area contributed by atoms with Gasteiger partial charge in [-0.1, -0.05) is 12.1 Å². The second kappa shape index (κ2) is 8.39. The van der Waals surface area contributed by atoms with Crippen molar-refractivity contribution in [1.29, 1.82) is 0 Å². The Hall–Kier alpha value is -1.71. The maximum absolute atomic E-state index is 10.3. The van der Waals surface area contributed by atoms with Gasteiger partial charge >= 0.3 is 5.97 Å². The van der Waals surface area contributed by atoms with Crippen molar-refractivity contribution in [2.24, 2.45) is 0 Å². The number of unbranched alkanes of at least 4 members (excludes halogenated alkanes) is 2. The minimum absolute atomic E-state index is 0.232. The molecule has 0 atom stereocenters. The van der Waals surface area contributed by atoms with Crippen molar-refractivity contribution in [3.05, 3.63) is 24.3 Å². The Morgan fingerprint density at radius 2 is 1.78 bits per heavy atom. The summed E-state index contributed by atoms with van der Waals surface area (Å²) in [6, 6.07) is 7.57. The maximum Gasteiger partial charge on any atom is 0.303 e. The topological polar surface area (TPSA) is 55.8 Å². The third-order valence-electron chi connectivity index (χ3n) is 2.44. The van der Waals surface area contributed by atoms with E-state index < -0.39 is 5.97 Å². The highest BCUT2D eigenvalue weighted by Gasteiger charge is 2.03. The lowest BCUT2D eigenvalue weighted by molar-refractivity contribution is -0.137. The number of ether oxygens (including phenoxy) is 2. The zero-order valence-electron chi connectivity index (χ0n) is 10.7. The van der Waals surface area contributed by atoms with Crippen LogP contribution in [0.3, 0.4) is 0 Å². The van der Waals surface area contributed by atoms with Gasteiger partial charge in [0, 0.05) is 6.42 Å². The van der Waals surface area contributed by atoms with Gasteiger partial charge in [0.1, 0.15) is 0 Å². The van der Waals surface area contributed by atoms with Crippen LogP contribution >= 0.6 is 0 Å². The number of benzene rings is 1. The third kappa shape index (κ3) is 5.57. The highest BCUT2D eigenvalue weighted by Crippen LogP contribution is 2.26. The standard InChI is InChI=1S/C14H20O4/c1-2-17-12-8-5-6-9-13(12)18-11-7-3-4-10-14(15)16/h5-6,8-9H,2-4,7,10-11H2,1H3,(H,15,16). The van der Waals surface area contributed by atoms with Gasteiger partial charge in [0.25, 0.3) is 0 Å². The summed E-state index contributed by atoms with van der Waals surface area (Å²) in [6.45, 7) is 3.13. The summed E-state index contributed by atoms with van der Waals surface area (Å²) in [5.74, 6) is 0.765. The highest BCUT2D eigenvalue weighted by atomic mass is 16.5. The normalized spacial score (nSPS) is 10.1. The summed E-state index contributed by atoms with van der Waals surface area (Å²) in [6.07, 6.45) is 2.65. The highest BCUT2D eigenvalue weighted by molar-refractivity contribution is 5.66. The molecule has 1 aromatic carbocycles. The third-order valence-corrected chi connectivity index (χ3v) is 2.44. The molecule has 0 saturated heterocycles. The van der Waals surface area contributed by atoms with Crippen LogP contribution in [0.4, 0.5) is 0 Å². The molecule has 0 bridgehead atoms. The van der Waals surface area contributed by atoms with Crippen molar-refractivity contribution in [1.82, 2.24) is 0 Å². The van der Waals surface area contributed by atoms with Crippen molar-refractivity contribution in [2.45, 2.75) is 32.6 Å². The SMILES string of the molecule is CCOc1ccccc1OCCCCCC(=O)O. The average molecular weight is 252 g/mol. The lowest BCUT2D eigenvalue weighted by Gasteiger charge is -2.11. The molecule has 1 aromatic rings. The van der Waals surface area contributed by atoms with Crippen molar-refractivity contribution in [2.75, 3.05) is 13.2 Å². The second-order valence-corrected chi connectivity index (χ2v) is 3.93. The molecule has 0 heterocycles. The number of para-hydroxylation sites is 2. The lowest BCUT2D eigenvalue weighted by Crippen LogP contribution is -2.01. The number of rotatable bonds is 9. The molecule has 0 aliphatic heterocycles. The lowest BCUT2D eigenvalue weighted by atomic mass is 10.2. The molecule has 0 aromatic heterocycles. The van der Waals surface area contributed by atoms with Gasteiger partial charge in [0.2, 0.25) is 0 Å². The molecular weight excluding hydrogens is 232 g/mol. The van der Waals surface area contributed by atoms with Crippen molar-refractivity contribution < 1.29 is 19.4 Å². The van der Waals surface area contributed by atoms with E-state index in [1.807, 2.05) is 31.2 Å². The summed E-state index contributed by atoms with van der Waals surface area (Å²) in [5.41, 5.74) is 0. The van der Waals surface area contributed by atoms with Gasteiger partial charge < -0.3 is 14.6 Å². The predicted octanol–water partition coefficient (Wildman–Crippen LogP) is 3.11. The quantitative estimate of drug-likeness (QED) is 0.686. The van der Waals surface area contributed by atoms with Crippen molar-refractivity contribution in [3.63, 3.8) is 0 Å². The van der Waals surface area contributed by atoms with E-state index in [1.54, 1.807) is 0 Å². The molecule has 100 valence electrons. The molecule has 0 unspecified atom stereocenters. The Morgan fingerprint density at radius 3 is 2.39 bits per heavy atom. The number of carboxylic acids is 1. The Labute approximate surface area is 108 Å². The minimum Gasteiger partial charge on any atom is -0.490 e. The Kier molecular flexibility index (Phi) is 6.69. The second-order valence-electron chi connectivity index (χ2n) is 3.93. The van der Waals surface area contributed by atoms with Crippen LogP contribution in [-0.4, -0.2) is 24.3 Å². The zero-order valence-corrected chi connectivity index (χ0v) is 10.7. The van der Waals surface area contributed by atoms with Crippen LogP contribution in [-0.2, 0) is 4.79 Å². The summed E-state index contributed by atoms with van der Waals surface area (Å²) in [5, 5.41) is 8.50. The van der Waals surface area contributed by atoms with Crippen LogP contribution in [0.5, 0.6) is 11.5 Å². The monoisotopic (exact) mass is 252 g/mol. The molecule has 0 fully saturated rings. The first-order valence-electron chi connectivity index (χ1n) is 6.30. The van der Waals surface area contributed by atoms with Crippen LogP contribution in [0.1, 0.15) is 32.6 Å². The van der Waals surface area contributed by atoms with Crippen molar-refractivity contribution in [3.8, 4) is 11.5 Å². The fourth-order valence-corrected chi connectivity index (χ4v) is 1.58. The number of carboxylic acid groups (broad SMARTS) is 1. The molecule has 18 heavy (non-hydrogen) atoms. The maximum atomic E-state index is 10.3. The van der Waals surface area contributed by atoms with Gasteiger partial charge in [-0.15, -0.1) is 0 Å². The number of carbonyl (C=O) groups is 1. The molecule has 0 radical (unpaired) electrons. The van der Waals surface area contributed by atoms with E-state index in [9.17, 15) is 4.79 Å². The molecule has 0 spiro atoms. The minimum atomic E-state index is -0.738. The molecule has 0 saturated carbocycles. The Bertz CT molecular complexity index is 363. The molecule has 4 nitrogen and oxygen atoms in total. The van der Waals surface area contributed by atoms with Gasteiger partial charge in [0.05, 0.1) is 13.2 Å². The van der Waals surface area contributed by atoms with Gasteiger partial charge in [0.15, 0.2) is 11.5 Å². The summed E-state index contributed by atoms with van der Waals surface area (Å²) in [4.78, 5) is 10.3. The van der Waals surface area contributed by atoms with Crippen LogP contribution in [0, 0.1) is 0 Å². The largest absolute Gasteiger partial charge is 0.490 e. The Morgan fingerprint density at radius 1 is 1.11 bits per heavy atom. The van der Waals surface area contributed by atoms with Gasteiger partial charge in [-0.3, -0.25) is 4.79 Å². The van der Waals surface area contributed by atoms with Gasteiger partial charge in [-0.05, 0) is 38.3 Å². The van der Waals surface area contributed by atoms with E-state index in [0.29, 0.717) is 19.6 Å². The average Bonchev–Trinajstić information content (AvgIpc) is 2.35. The molecular formula is C14H20O4. The van der Waals surface area contributed by atoms with E-state index in [2.05, 4.69) is 0 Å². The number of hydrogen-bond donors (Lipinski definition) is 1. The molecule has 0 aliphatic carbocycles. The molecule has 1 N–H and O–H groups in total. The van der Waals surface area contributed by atoms with Crippen LogP contribution < -0.4 is 9.47 Å². The van der Waals surface area contributed by atoms with Gasteiger partial charge in [-0.25, -0.2) is 0 Å². The summed E-state index contributed by atoms with van der Waals surface area (Å²) in [7, 11) is 0. The van der Waals surface area contributed by atoms with Crippen LogP contribution in [0.25, 0.3) is 0 Å². The smallest absolute Gasteiger partial charge is 0.303 e. The van der Waals surface area contributed by atoms with Crippen LogP contribution in [0.2, 0.25) is 0 Å². The van der Waals surface area contributed by atoms with Crippen LogP contribution in [0.15, 0.2) is 24.3 Å². The fraction of sp³-hybridized carbons (Fsp3) is 0.500. The molecule has 0 aliphatic rings. The number of aliphatic carboxylic acids is 1. The first-order chi connectivity index (χ1) is 8.74.